The van der Waals surface area contributed by atoms with Crippen molar-refractivity contribution in [3.63, 3.8) is 0 Å². The Labute approximate surface area is 112 Å². The molecule has 4 heteroatoms. The first-order chi connectivity index (χ1) is 9.06. The van der Waals surface area contributed by atoms with Gasteiger partial charge in [0.2, 0.25) is 5.91 Å². The maximum absolute atomic E-state index is 11.8. The number of carbonyl (C=O) groups excluding carboxylic acids is 1. The van der Waals surface area contributed by atoms with E-state index < -0.39 is 5.97 Å². The summed E-state index contributed by atoms with van der Waals surface area (Å²) in [6, 6.07) is 7.53. The number of hydrogen-bond donors (Lipinski definition) is 1. The molecule has 1 saturated carbocycles. The van der Waals surface area contributed by atoms with E-state index in [0.717, 1.165) is 30.0 Å². The number of amides is 1. The molecule has 0 aromatic heterocycles. The molecule has 1 fully saturated rings. The number of carboxylic acid groups (broad SMARTS) is 1. The van der Waals surface area contributed by atoms with Gasteiger partial charge in [-0.05, 0) is 30.0 Å². The molecule has 100 valence electrons. The number of nitrogens with zero attached hydrogens (tertiary/aromatic N) is 1. The van der Waals surface area contributed by atoms with Crippen LogP contribution in [0.15, 0.2) is 30.3 Å². The molecule has 19 heavy (non-hydrogen) atoms. The summed E-state index contributed by atoms with van der Waals surface area (Å²) in [6.07, 6.45) is 4.69. The molecule has 0 unspecified atom stereocenters. The van der Waals surface area contributed by atoms with Crippen LogP contribution in [0.5, 0.6) is 0 Å². The highest BCUT2D eigenvalue weighted by Gasteiger charge is 2.31. The molecular weight excluding hydrogens is 242 g/mol. The quantitative estimate of drug-likeness (QED) is 0.824. The second kappa shape index (κ2) is 5.69. The van der Waals surface area contributed by atoms with E-state index in [2.05, 4.69) is 0 Å². The van der Waals surface area contributed by atoms with Gasteiger partial charge in [-0.2, -0.15) is 0 Å². The van der Waals surface area contributed by atoms with Crippen LogP contribution in [0.2, 0.25) is 0 Å². The van der Waals surface area contributed by atoms with Gasteiger partial charge in [-0.25, -0.2) is 4.79 Å². The molecule has 0 heterocycles. The molecule has 0 bridgehead atoms. The zero-order valence-electron chi connectivity index (χ0n) is 10.9. The standard InChI is InChI=1S/C15H17NO3/c1-16(15(19)13-7-8-13)10-12-4-2-11(3-5-12)6-9-14(17)18/h2-6,9,13H,7-8,10H2,1H3,(H,17,18)/b9-6+. The first kappa shape index (κ1) is 13.3. The molecule has 1 aliphatic carbocycles. The second-order valence-corrected chi connectivity index (χ2v) is 4.88. The smallest absolute Gasteiger partial charge is 0.328 e. The van der Waals surface area contributed by atoms with Crippen LogP contribution in [0.4, 0.5) is 0 Å². The zero-order valence-corrected chi connectivity index (χ0v) is 10.9. The fourth-order valence-electron chi connectivity index (χ4n) is 1.90. The van der Waals surface area contributed by atoms with Crippen LogP contribution in [-0.4, -0.2) is 28.9 Å². The van der Waals surface area contributed by atoms with E-state index in [9.17, 15) is 9.59 Å². The van der Waals surface area contributed by atoms with E-state index in [4.69, 9.17) is 5.11 Å². The lowest BCUT2D eigenvalue weighted by atomic mass is 10.1. The van der Waals surface area contributed by atoms with E-state index >= 15 is 0 Å². The minimum Gasteiger partial charge on any atom is -0.478 e. The van der Waals surface area contributed by atoms with Crippen LogP contribution < -0.4 is 0 Å². The van der Waals surface area contributed by atoms with Crippen molar-refractivity contribution >= 4 is 18.0 Å². The van der Waals surface area contributed by atoms with Crippen LogP contribution in [0, 0.1) is 5.92 Å². The molecule has 0 aliphatic heterocycles. The summed E-state index contributed by atoms with van der Waals surface area (Å²) in [6.45, 7) is 0.595. The van der Waals surface area contributed by atoms with Crippen molar-refractivity contribution in [3.8, 4) is 0 Å². The molecule has 0 radical (unpaired) electrons. The predicted molar refractivity (Wildman–Crippen MR) is 72.3 cm³/mol. The fraction of sp³-hybridized carbons (Fsp3) is 0.333. The molecule has 1 amide bonds. The molecule has 0 saturated heterocycles. The number of carbonyl (C=O) groups is 2. The van der Waals surface area contributed by atoms with Crippen molar-refractivity contribution in [2.75, 3.05) is 7.05 Å². The summed E-state index contributed by atoms with van der Waals surface area (Å²) in [7, 11) is 1.82. The van der Waals surface area contributed by atoms with Crippen LogP contribution >= 0.6 is 0 Å². The van der Waals surface area contributed by atoms with Gasteiger partial charge in [-0.3, -0.25) is 4.79 Å². The van der Waals surface area contributed by atoms with Crippen LogP contribution in [-0.2, 0) is 16.1 Å². The van der Waals surface area contributed by atoms with Crippen LogP contribution in [0.25, 0.3) is 6.08 Å². The van der Waals surface area contributed by atoms with E-state index in [1.54, 1.807) is 11.0 Å². The molecule has 1 N–H and O–H groups in total. The van der Waals surface area contributed by atoms with E-state index in [1.165, 1.54) is 0 Å². The monoisotopic (exact) mass is 259 g/mol. The largest absolute Gasteiger partial charge is 0.478 e. The van der Waals surface area contributed by atoms with Crippen molar-refractivity contribution < 1.29 is 14.7 Å². The summed E-state index contributed by atoms with van der Waals surface area (Å²) in [4.78, 5) is 24.0. The summed E-state index contributed by atoms with van der Waals surface area (Å²) < 4.78 is 0. The first-order valence-electron chi connectivity index (χ1n) is 6.31. The summed E-state index contributed by atoms with van der Waals surface area (Å²) >= 11 is 0. The van der Waals surface area contributed by atoms with Crippen LogP contribution in [0.1, 0.15) is 24.0 Å². The first-order valence-corrected chi connectivity index (χ1v) is 6.31. The third-order valence-corrected chi connectivity index (χ3v) is 3.12. The van der Waals surface area contributed by atoms with Gasteiger partial charge in [-0.15, -0.1) is 0 Å². The lowest BCUT2D eigenvalue weighted by Gasteiger charge is -2.17. The molecule has 0 spiro atoms. The Morgan fingerprint density at radius 2 is 1.95 bits per heavy atom. The Morgan fingerprint density at radius 1 is 1.32 bits per heavy atom. The zero-order chi connectivity index (χ0) is 13.8. The maximum Gasteiger partial charge on any atom is 0.328 e. The SMILES string of the molecule is CN(Cc1ccc(/C=C/C(=O)O)cc1)C(=O)C1CC1. The van der Waals surface area contributed by atoms with Crippen molar-refractivity contribution in [2.45, 2.75) is 19.4 Å². The number of benzene rings is 1. The van der Waals surface area contributed by atoms with Gasteiger partial charge < -0.3 is 10.0 Å². The average Bonchev–Trinajstić information content (AvgIpc) is 3.21. The van der Waals surface area contributed by atoms with Gasteiger partial charge in [0.15, 0.2) is 0 Å². The lowest BCUT2D eigenvalue weighted by Crippen LogP contribution is -2.27. The van der Waals surface area contributed by atoms with Gasteiger partial charge in [0.1, 0.15) is 0 Å². The van der Waals surface area contributed by atoms with Gasteiger partial charge in [0.25, 0.3) is 0 Å². The normalized spacial score (nSPS) is 14.6. The highest BCUT2D eigenvalue weighted by atomic mass is 16.4. The van der Waals surface area contributed by atoms with E-state index in [0.29, 0.717) is 6.54 Å². The molecular formula is C15H17NO3. The van der Waals surface area contributed by atoms with Crippen molar-refractivity contribution in [1.29, 1.82) is 0 Å². The molecule has 4 nitrogen and oxygen atoms in total. The Bertz CT molecular complexity index is 501. The van der Waals surface area contributed by atoms with Crippen molar-refractivity contribution in [1.82, 2.24) is 4.90 Å². The maximum atomic E-state index is 11.8. The topological polar surface area (TPSA) is 57.6 Å². The highest BCUT2D eigenvalue weighted by molar-refractivity contribution is 5.85. The van der Waals surface area contributed by atoms with Gasteiger partial charge in [-0.1, -0.05) is 24.3 Å². The molecule has 1 aromatic carbocycles. The lowest BCUT2D eigenvalue weighted by molar-refractivity contribution is -0.132. The van der Waals surface area contributed by atoms with Crippen molar-refractivity contribution in [2.24, 2.45) is 5.92 Å². The van der Waals surface area contributed by atoms with E-state index in [1.807, 2.05) is 31.3 Å². The summed E-state index contributed by atoms with van der Waals surface area (Å²) in [5.41, 5.74) is 1.88. The number of rotatable bonds is 5. The van der Waals surface area contributed by atoms with Crippen LogP contribution in [0.3, 0.4) is 0 Å². The Balaban J connectivity index is 1.94. The van der Waals surface area contributed by atoms with E-state index in [-0.39, 0.29) is 11.8 Å². The Morgan fingerprint density at radius 3 is 2.47 bits per heavy atom. The predicted octanol–water partition coefficient (Wildman–Crippen LogP) is 2.15. The molecule has 1 aromatic rings. The Hall–Kier alpha value is -2.10. The summed E-state index contributed by atoms with van der Waals surface area (Å²) in [5, 5.41) is 8.54. The molecule has 1 aliphatic rings. The summed E-state index contributed by atoms with van der Waals surface area (Å²) in [5.74, 6) is -0.503. The molecule has 2 rings (SSSR count). The number of hydrogen-bond acceptors (Lipinski definition) is 2. The third-order valence-electron chi connectivity index (χ3n) is 3.12. The minimum atomic E-state index is -0.959. The fourth-order valence-corrected chi connectivity index (χ4v) is 1.90. The van der Waals surface area contributed by atoms with Gasteiger partial charge in [0.05, 0.1) is 0 Å². The second-order valence-electron chi connectivity index (χ2n) is 4.88. The number of aliphatic carboxylic acids is 1. The third kappa shape index (κ3) is 3.95. The van der Waals surface area contributed by atoms with Gasteiger partial charge in [0, 0.05) is 25.6 Å². The van der Waals surface area contributed by atoms with Gasteiger partial charge >= 0.3 is 5.97 Å². The molecule has 0 atom stereocenters. The minimum absolute atomic E-state index is 0.217. The Kier molecular flexibility index (Phi) is 4.00. The average molecular weight is 259 g/mol. The highest BCUT2D eigenvalue weighted by Crippen LogP contribution is 2.30. The number of carboxylic acids is 1. The van der Waals surface area contributed by atoms with Crippen molar-refractivity contribution in [3.05, 3.63) is 41.5 Å².